The van der Waals surface area contributed by atoms with Gasteiger partial charge in [-0.25, -0.2) is 0 Å². The zero-order valence-corrected chi connectivity index (χ0v) is 34.7. The lowest BCUT2D eigenvalue weighted by molar-refractivity contribution is -0.122. The molecule has 0 bridgehead atoms. The van der Waals surface area contributed by atoms with E-state index in [1.165, 1.54) is 10.4 Å². The van der Waals surface area contributed by atoms with Crippen molar-refractivity contribution in [1.29, 1.82) is 0 Å². The Kier molecular flexibility index (Phi) is 18.7. The van der Waals surface area contributed by atoms with E-state index in [2.05, 4.69) is 107 Å². The molecule has 0 saturated carbocycles. The predicted molar refractivity (Wildman–Crippen MR) is 215 cm³/mol. The second-order valence-electron chi connectivity index (χ2n) is 15.1. The first-order chi connectivity index (χ1) is 25.4. The normalized spacial score (nSPS) is 16.1. The summed E-state index contributed by atoms with van der Waals surface area (Å²) >= 11 is 0. The molecule has 0 spiro atoms. The predicted octanol–water partition coefficient (Wildman–Crippen LogP) is 7.07. The molecule has 7 atom stereocenters. The second kappa shape index (κ2) is 22.4. The molecule has 1 N–H and O–H groups in total. The van der Waals surface area contributed by atoms with Crippen molar-refractivity contribution >= 4 is 18.7 Å². The summed E-state index contributed by atoms with van der Waals surface area (Å²) in [5, 5.41) is 13.7. The lowest BCUT2D eigenvalue weighted by Crippen LogP contribution is -2.67. The van der Waals surface area contributed by atoms with Gasteiger partial charge in [0.1, 0.15) is 25.4 Å². The fourth-order valence-electron chi connectivity index (χ4n) is 7.00. The standard InChI is InChI=1S/C44H64O8Si/c1-33(21-26-41(45)36(4)43(51-32-47-9)34(2)27-28-49-30-37-22-24-38(48-10)25-23-37)42(50-31-46-8)35(3)29-52-53(44(5,6)7,39-17-13-11-14-18-39)40-19-15-12-16-20-40/h11-20,22-25,33-36,41-43,45H,27-32H2,1-10H3/t33-,34+,35+,36-,41+,42-,43+/m0/s1. The lowest BCUT2D eigenvalue weighted by Gasteiger charge is -2.44. The summed E-state index contributed by atoms with van der Waals surface area (Å²) in [6.07, 6.45) is -0.765. The van der Waals surface area contributed by atoms with Crippen LogP contribution in [0.5, 0.6) is 5.75 Å². The molecule has 8 nitrogen and oxygen atoms in total. The van der Waals surface area contributed by atoms with Gasteiger partial charge in [0, 0.05) is 45.2 Å². The van der Waals surface area contributed by atoms with E-state index in [1.54, 1.807) is 21.3 Å². The number of benzene rings is 3. The Hall–Kier alpha value is -3.04. The maximum Gasteiger partial charge on any atom is 0.261 e. The molecular formula is C44H64O8Si. The first-order valence-electron chi connectivity index (χ1n) is 18.7. The van der Waals surface area contributed by atoms with Crippen LogP contribution in [0.25, 0.3) is 0 Å². The van der Waals surface area contributed by atoms with Crippen LogP contribution < -0.4 is 15.1 Å². The SMILES string of the molecule is COCO[C@H]([C@H](C)CO[Si](c1ccccc1)(c1ccccc1)C(C)(C)C)[C@@H](C)C#C[C@@H](O)[C@H](C)[C@H](OCOC)[C@H](C)CCOCc1ccc(OC)cc1. The molecule has 0 unspecified atom stereocenters. The molecule has 0 aromatic heterocycles. The molecule has 0 aliphatic rings. The largest absolute Gasteiger partial charge is 0.497 e. The van der Waals surface area contributed by atoms with Crippen LogP contribution in [0.1, 0.15) is 60.5 Å². The Balaban J connectivity index is 1.73. The Labute approximate surface area is 320 Å². The molecule has 0 aliphatic heterocycles. The Bertz CT molecular complexity index is 1450. The molecule has 53 heavy (non-hydrogen) atoms. The molecule has 3 rings (SSSR count). The summed E-state index contributed by atoms with van der Waals surface area (Å²) in [7, 11) is 2.13. The van der Waals surface area contributed by atoms with Crippen molar-refractivity contribution in [3.05, 3.63) is 90.5 Å². The second-order valence-corrected chi connectivity index (χ2v) is 19.4. The van der Waals surface area contributed by atoms with Crippen molar-refractivity contribution in [2.24, 2.45) is 23.7 Å². The zero-order chi connectivity index (χ0) is 38.9. The van der Waals surface area contributed by atoms with Crippen LogP contribution >= 0.6 is 0 Å². The number of aliphatic hydroxyl groups is 1. The van der Waals surface area contributed by atoms with Gasteiger partial charge < -0.3 is 38.0 Å². The molecule has 3 aromatic carbocycles. The van der Waals surface area contributed by atoms with Crippen molar-refractivity contribution < 1.29 is 38.0 Å². The smallest absolute Gasteiger partial charge is 0.261 e. The Morgan fingerprint density at radius 3 is 1.75 bits per heavy atom. The molecule has 3 aromatic rings. The maximum absolute atomic E-state index is 11.4. The van der Waals surface area contributed by atoms with Crippen molar-refractivity contribution in [3.8, 4) is 17.6 Å². The molecule has 0 saturated heterocycles. The highest BCUT2D eigenvalue weighted by Crippen LogP contribution is 2.37. The highest BCUT2D eigenvalue weighted by Gasteiger charge is 2.50. The van der Waals surface area contributed by atoms with Gasteiger partial charge in [0.05, 0.1) is 25.9 Å². The Morgan fingerprint density at radius 1 is 0.698 bits per heavy atom. The van der Waals surface area contributed by atoms with Crippen molar-refractivity contribution in [2.45, 2.75) is 84.8 Å². The summed E-state index contributed by atoms with van der Waals surface area (Å²) in [6, 6.07) is 29.1. The van der Waals surface area contributed by atoms with Crippen LogP contribution in [-0.4, -0.2) is 79.9 Å². The summed E-state index contributed by atoms with van der Waals surface area (Å²) < 4.78 is 41.5. The van der Waals surface area contributed by atoms with E-state index in [0.29, 0.717) is 19.8 Å². The molecular weight excluding hydrogens is 685 g/mol. The average Bonchev–Trinajstić information content (AvgIpc) is 3.16. The molecule has 9 heteroatoms. The summed E-state index contributed by atoms with van der Waals surface area (Å²) in [6.45, 7) is 16.9. The van der Waals surface area contributed by atoms with Crippen molar-refractivity contribution in [3.63, 3.8) is 0 Å². The van der Waals surface area contributed by atoms with Gasteiger partial charge in [0.25, 0.3) is 8.32 Å². The highest BCUT2D eigenvalue weighted by molar-refractivity contribution is 6.99. The minimum Gasteiger partial charge on any atom is -0.497 e. The number of ether oxygens (including phenoxy) is 6. The number of aliphatic hydroxyl groups excluding tert-OH is 1. The first-order valence-corrected chi connectivity index (χ1v) is 20.7. The quantitative estimate of drug-likeness (QED) is 0.0506. The van der Waals surface area contributed by atoms with Crippen LogP contribution in [0.2, 0.25) is 5.04 Å². The van der Waals surface area contributed by atoms with E-state index < -0.39 is 14.4 Å². The van der Waals surface area contributed by atoms with E-state index in [-0.39, 0.29) is 54.5 Å². The molecule has 0 amide bonds. The Morgan fingerprint density at radius 2 is 1.25 bits per heavy atom. The van der Waals surface area contributed by atoms with Gasteiger partial charge in [-0.2, -0.15) is 0 Å². The van der Waals surface area contributed by atoms with E-state index in [0.717, 1.165) is 17.7 Å². The minimum absolute atomic E-state index is 0.0265. The van der Waals surface area contributed by atoms with Crippen LogP contribution in [-0.2, 0) is 34.7 Å². The summed E-state index contributed by atoms with van der Waals surface area (Å²) in [5.74, 6) is 6.85. The van der Waals surface area contributed by atoms with Crippen LogP contribution in [0.3, 0.4) is 0 Å². The van der Waals surface area contributed by atoms with Gasteiger partial charge in [-0.3, -0.25) is 0 Å². The van der Waals surface area contributed by atoms with Crippen molar-refractivity contribution in [1.82, 2.24) is 0 Å². The third kappa shape index (κ3) is 12.8. The number of hydrogen-bond donors (Lipinski definition) is 1. The average molecular weight is 749 g/mol. The van der Waals surface area contributed by atoms with Crippen LogP contribution in [0, 0.1) is 35.5 Å². The molecule has 0 heterocycles. The van der Waals surface area contributed by atoms with Gasteiger partial charge in [0.15, 0.2) is 0 Å². The minimum atomic E-state index is -2.74. The fraction of sp³-hybridized carbons (Fsp3) is 0.545. The van der Waals surface area contributed by atoms with E-state index in [4.69, 9.17) is 32.8 Å². The van der Waals surface area contributed by atoms with Crippen molar-refractivity contribution in [2.75, 3.05) is 48.1 Å². The van der Waals surface area contributed by atoms with Crippen LogP contribution in [0.4, 0.5) is 0 Å². The molecule has 0 radical (unpaired) electrons. The summed E-state index contributed by atoms with van der Waals surface area (Å²) in [4.78, 5) is 0. The topological polar surface area (TPSA) is 84.8 Å². The van der Waals surface area contributed by atoms with Gasteiger partial charge in [-0.1, -0.05) is 126 Å². The number of hydrogen-bond acceptors (Lipinski definition) is 8. The van der Waals surface area contributed by atoms with E-state index in [1.807, 2.05) is 38.1 Å². The fourth-order valence-corrected chi connectivity index (χ4v) is 11.7. The third-order valence-electron chi connectivity index (χ3n) is 9.97. The van der Waals surface area contributed by atoms with E-state index >= 15 is 0 Å². The summed E-state index contributed by atoms with van der Waals surface area (Å²) in [5.41, 5.74) is 1.08. The zero-order valence-electron chi connectivity index (χ0n) is 33.7. The monoisotopic (exact) mass is 748 g/mol. The van der Waals surface area contributed by atoms with Gasteiger partial charge in [0.2, 0.25) is 0 Å². The molecule has 0 fully saturated rings. The van der Waals surface area contributed by atoms with Gasteiger partial charge in [-0.05, 0) is 52.4 Å². The van der Waals surface area contributed by atoms with Gasteiger partial charge >= 0.3 is 0 Å². The first kappa shape index (κ1) is 44.4. The highest BCUT2D eigenvalue weighted by atomic mass is 28.4. The van der Waals surface area contributed by atoms with E-state index in [9.17, 15) is 5.11 Å². The lowest BCUT2D eigenvalue weighted by atomic mass is 9.87. The number of rotatable bonds is 22. The third-order valence-corrected chi connectivity index (χ3v) is 15.0. The van der Waals surface area contributed by atoms with Crippen LogP contribution in [0.15, 0.2) is 84.9 Å². The van der Waals surface area contributed by atoms with Gasteiger partial charge in [-0.15, -0.1) is 0 Å². The maximum atomic E-state index is 11.4. The molecule has 0 aliphatic carbocycles. The number of methoxy groups -OCH3 is 3. The molecule has 292 valence electrons.